The van der Waals surface area contributed by atoms with Gasteiger partial charge in [0.1, 0.15) is 6.10 Å². The van der Waals surface area contributed by atoms with Crippen molar-refractivity contribution in [3.8, 4) is 5.88 Å². The van der Waals surface area contributed by atoms with E-state index in [2.05, 4.69) is 9.97 Å². The van der Waals surface area contributed by atoms with Crippen LogP contribution in [-0.2, 0) is 6.54 Å². The first-order chi connectivity index (χ1) is 13.2. The molecule has 6 nitrogen and oxygen atoms in total. The molecule has 0 aliphatic carbocycles. The molecule has 0 N–H and O–H groups in total. The van der Waals surface area contributed by atoms with Gasteiger partial charge < -0.3 is 14.2 Å². The molecule has 0 bridgehead atoms. The number of pyridine rings is 1. The lowest BCUT2D eigenvalue weighted by Crippen LogP contribution is -2.31. The van der Waals surface area contributed by atoms with Crippen molar-refractivity contribution in [3.05, 3.63) is 78.3 Å². The molecule has 1 aliphatic heterocycles. The maximum atomic E-state index is 13.2. The zero-order chi connectivity index (χ0) is 18.6. The van der Waals surface area contributed by atoms with Gasteiger partial charge in [0.2, 0.25) is 11.8 Å². The Labute approximate surface area is 156 Å². The molecular weight excluding hydrogens is 347 g/mol. The van der Waals surface area contributed by atoms with Gasteiger partial charge in [-0.25, -0.2) is 4.98 Å². The second-order valence-electron chi connectivity index (χ2n) is 6.51. The van der Waals surface area contributed by atoms with Crippen molar-refractivity contribution in [3.63, 3.8) is 0 Å². The third kappa shape index (κ3) is 4.13. The Morgan fingerprint density at radius 3 is 2.81 bits per heavy atom. The van der Waals surface area contributed by atoms with Crippen LogP contribution in [0.2, 0.25) is 0 Å². The van der Waals surface area contributed by atoms with E-state index < -0.39 is 5.95 Å². The average Bonchev–Trinajstić information content (AvgIpc) is 3.34. The second kappa shape index (κ2) is 7.57. The van der Waals surface area contributed by atoms with Crippen LogP contribution in [0.3, 0.4) is 0 Å². The van der Waals surface area contributed by atoms with Crippen molar-refractivity contribution in [2.24, 2.45) is 0 Å². The fourth-order valence-electron chi connectivity index (χ4n) is 3.16. The van der Waals surface area contributed by atoms with Crippen molar-refractivity contribution in [1.29, 1.82) is 0 Å². The molecule has 0 radical (unpaired) electrons. The number of ether oxygens (including phenoxy) is 1. The predicted molar refractivity (Wildman–Crippen MR) is 96.9 cm³/mol. The Balaban J connectivity index is 1.35. The first kappa shape index (κ1) is 17.2. The van der Waals surface area contributed by atoms with Crippen LogP contribution in [0.25, 0.3) is 0 Å². The lowest BCUT2D eigenvalue weighted by Gasteiger charge is -2.17. The number of imidazole rings is 1. The second-order valence-corrected chi connectivity index (χ2v) is 6.51. The average molecular weight is 366 g/mol. The third-order valence-electron chi connectivity index (χ3n) is 4.53. The van der Waals surface area contributed by atoms with Crippen molar-refractivity contribution in [1.82, 2.24) is 19.4 Å². The number of hydrogen-bond donors (Lipinski definition) is 0. The van der Waals surface area contributed by atoms with E-state index >= 15 is 0 Å². The standard InChI is InChI=1S/C20H19FN4O2/c21-18-2-1-3-19(23-18)27-17-8-10-25(13-17)20(26)16-6-4-15(5-7-16)12-24-11-9-22-14-24/h1-7,9,11,14,17H,8,10,12-13H2. The maximum absolute atomic E-state index is 13.2. The van der Waals surface area contributed by atoms with Crippen LogP contribution >= 0.6 is 0 Å². The van der Waals surface area contributed by atoms with Crippen LogP contribution in [0, 0.1) is 5.95 Å². The van der Waals surface area contributed by atoms with Gasteiger partial charge in [0.15, 0.2) is 0 Å². The Kier molecular flexibility index (Phi) is 4.82. The van der Waals surface area contributed by atoms with Crippen molar-refractivity contribution >= 4 is 5.91 Å². The van der Waals surface area contributed by atoms with E-state index in [1.165, 1.54) is 6.07 Å². The smallest absolute Gasteiger partial charge is 0.253 e. The van der Waals surface area contributed by atoms with Crippen LogP contribution in [0.4, 0.5) is 4.39 Å². The summed E-state index contributed by atoms with van der Waals surface area (Å²) in [6.07, 6.45) is 5.92. The normalized spacial score (nSPS) is 16.5. The molecule has 1 atom stereocenters. The maximum Gasteiger partial charge on any atom is 0.253 e. The SMILES string of the molecule is O=C(c1ccc(Cn2ccnc2)cc1)N1CCC(Oc2cccc(F)n2)C1. The van der Waals surface area contributed by atoms with Crippen molar-refractivity contribution < 1.29 is 13.9 Å². The lowest BCUT2D eigenvalue weighted by atomic mass is 10.1. The molecule has 1 aliphatic rings. The molecule has 0 saturated carbocycles. The largest absolute Gasteiger partial charge is 0.472 e. The van der Waals surface area contributed by atoms with E-state index in [-0.39, 0.29) is 17.9 Å². The predicted octanol–water partition coefficient (Wildman–Crippen LogP) is 2.76. The molecule has 3 heterocycles. The molecule has 1 saturated heterocycles. The number of carbonyl (C=O) groups is 1. The number of benzene rings is 1. The fraction of sp³-hybridized carbons (Fsp3) is 0.250. The summed E-state index contributed by atoms with van der Waals surface area (Å²) in [5.41, 5.74) is 1.75. The number of likely N-dealkylation sites (tertiary alicyclic amines) is 1. The molecule has 0 spiro atoms. The van der Waals surface area contributed by atoms with Crippen molar-refractivity contribution in [2.45, 2.75) is 19.1 Å². The molecule has 7 heteroatoms. The Hall–Kier alpha value is -3.22. The van der Waals surface area contributed by atoms with Gasteiger partial charge in [-0.15, -0.1) is 0 Å². The van der Waals surface area contributed by atoms with Gasteiger partial charge in [0.25, 0.3) is 5.91 Å². The Morgan fingerprint density at radius 2 is 2.07 bits per heavy atom. The van der Waals surface area contributed by atoms with Crippen LogP contribution in [0.1, 0.15) is 22.3 Å². The van der Waals surface area contributed by atoms with Crippen LogP contribution in [-0.4, -0.2) is 44.5 Å². The highest BCUT2D eigenvalue weighted by atomic mass is 19.1. The van der Waals surface area contributed by atoms with Gasteiger partial charge in [0, 0.05) is 43.5 Å². The van der Waals surface area contributed by atoms with Gasteiger partial charge in [-0.3, -0.25) is 4.79 Å². The Morgan fingerprint density at radius 1 is 1.22 bits per heavy atom. The number of carbonyl (C=O) groups excluding carboxylic acids is 1. The highest BCUT2D eigenvalue weighted by molar-refractivity contribution is 5.94. The van der Waals surface area contributed by atoms with E-state index in [1.54, 1.807) is 29.6 Å². The molecule has 138 valence electrons. The fourth-order valence-corrected chi connectivity index (χ4v) is 3.16. The summed E-state index contributed by atoms with van der Waals surface area (Å²) >= 11 is 0. The minimum atomic E-state index is -0.575. The third-order valence-corrected chi connectivity index (χ3v) is 4.53. The van der Waals surface area contributed by atoms with Crippen LogP contribution in [0.5, 0.6) is 5.88 Å². The highest BCUT2D eigenvalue weighted by Crippen LogP contribution is 2.19. The summed E-state index contributed by atoms with van der Waals surface area (Å²) in [5.74, 6) is -0.352. The molecule has 3 aromatic rings. The van der Waals surface area contributed by atoms with Crippen molar-refractivity contribution in [2.75, 3.05) is 13.1 Å². The molecule has 1 amide bonds. The van der Waals surface area contributed by atoms with Crippen LogP contribution < -0.4 is 4.74 Å². The van der Waals surface area contributed by atoms with Gasteiger partial charge >= 0.3 is 0 Å². The summed E-state index contributed by atoms with van der Waals surface area (Å²) in [6, 6.07) is 12.0. The lowest BCUT2D eigenvalue weighted by molar-refractivity contribution is 0.0771. The van der Waals surface area contributed by atoms with Gasteiger partial charge in [0.05, 0.1) is 12.9 Å². The monoisotopic (exact) mass is 366 g/mol. The van der Waals surface area contributed by atoms with E-state index in [0.717, 1.165) is 5.56 Å². The zero-order valence-electron chi connectivity index (χ0n) is 14.7. The number of nitrogens with zero attached hydrogens (tertiary/aromatic N) is 4. The first-order valence-electron chi connectivity index (χ1n) is 8.80. The van der Waals surface area contributed by atoms with E-state index in [1.807, 2.05) is 35.0 Å². The van der Waals surface area contributed by atoms with Crippen LogP contribution in [0.15, 0.2) is 61.2 Å². The van der Waals surface area contributed by atoms with Gasteiger partial charge in [-0.1, -0.05) is 18.2 Å². The number of aromatic nitrogens is 3. The number of halogens is 1. The molecule has 1 unspecified atom stereocenters. The van der Waals surface area contributed by atoms with E-state index in [0.29, 0.717) is 31.6 Å². The topological polar surface area (TPSA) is 60.2 Å². The van der Waals surface area contributed by atoms with Gasteiger partial charge in [-0.05, 0) is 23.8 Å². The summed E-state index contributed by atoms with van der Waals surface area (Å²) in [6.45, 7) is 1.79. The van der Waals surface area contributed by atoms with Gasteiger partial charge in [-0.2, -0.15) is 9.37 Å². The summed E-state index contributed by atoms with van der Waals surface area (Å²) in [5, 5.41) is 0. The highest BCUT2D eigenvalue weighted by Gasteiger charge is 2.28. The number of rotatable bonds is 5. The molecule has 1 aromatic carbocycles. The first-order valence-corrected chi connectivity index (χ1v) is 8.80. The van der Waals surface area contributed by atoms with E-state index in [4.69, 9.17) is 4.74 Å². The summed E-state index contributed by atoms with van der Waals surface area (Å²) in [7, 11) is 0. The molecule has 2 aromatic heterocycles. The molecular formula is C20H19FN4O2. The molecule has 1 fully saturated rings. The molecule has 4 rings (SSSR count). The minimum absolute atomic E-state index is 0.0255. The molecule has 27 heavy (non-hydrogen) atoms. The minimum Gasteiger partial charge on any atom is -0.472 e. The summed E-state index contributed by atoms with van der Waals surface area (Å²) < 4.78 is 20.8. The summed E-state index contributed by atoms with van der Waals surface area (Å²) in [4.78, 5) is 22.2. The quantitative estimate of drug-likeness (QED) is 0.652. The van der Waals surface area contributed by atoms with E-state index in [9.17, 15) is 9.18 Å². The zero-order valence-corrected chi connectivity index (χ0v) is 14.7. The Bertz CT molecular complexity index is 912. The number of hydrogen-bond acceptors (Lipinski definition) is 4. The number of amides is 1.